The Bertz CT molecular complexity index is 791. The molecule has 5 nitrogen and oxygen atoms in total. The minimum Gasteiger partial charge on any atom is -0.363 e. The van der Waals surface area contributed by atoms with Crippen molar-refractivity contribution in [1.29, 1.82) is 0 Å². The average molecular weight is 338 g/mol. The molecule has 0 spiro atoms. The topological polar surface area (TPSA) is 71.1 Å². The summed E-state index contributed by atoms with van der Waals surface area (Å²) in [5, 5.41) is 4.13. The van der Waals surface area contributed by atoms with Crippen molar-refractivity contribution in [3.8, 4) is 0 Å². The zero-order chi connectivity index (χ0) is 15.7. The van der Waals surface area contributed by atoms with Crippen LogP contribution in [0.5, 0.6) is 0 Å². The Hall–Kier alpha value is -1.63. The fraction of sp³-hybridized carbons (Fsp3) is 0.267. The van der Waals surface area contributed by atoms with Crippen molar-refractivity contribution in [3.63, 3.8) is 0 Å². The lowest BCUT2D eigenvalue weighted by Crippen LogP contribution is -2.18. The van der Waals surface area contributed by atoms with Gasteiger partial charge < -0.3 is 5.32 Å². The summed E-state index contributed by atoms with van der Waals surface area (Å²) in [6.07, 6.45) is 3.22. The summed E-state index contributed by atoms with van der Waals surface area (Å²) in [6, 6.07) is 9.26. The predicted octanol–water partition coefficient (Wildman–Crippen LogP) is 2.74. The van der Waals surface area contributed by atoms with E-state index in [1.165, 1.54) is 30.4 Å². The van der Waals surface area contributed by atoms with E-state index in [0.717, 1.165) is 17.9 Å². The molecule has 116 valence electrons. The van der Waals surface area contributed by atoms with Gasteiger partial charge in [-0.15, -0.1) is 0 Å². The second kappa shape index (κ2) is 5.87. The number of sulfonamides is 1. The summed E-state index contributed by atoms with van der Waals surface area (Å²) in [7, 11) is -2.08. The van der Waals surface area contributed by atoms with Gasteiger partial charge >= 0.3 is 0 Å². The highest BCUT2D eigenvalue weighted by atomic mass is 35.5. The van der Waals surface area contributed by atoms with Crippen LogP contribution in [0.15, 0.2) is 41.4 Å². The van der Waals surface area contributed by atoms with Crippen molar-refractivity contribution in [1.82, 2.24) is 9.71 Å². The van der Waals surface area contributed by atoms with Gasteiger partial charge in [0.25, 0.3) is 0 Å². The van der Waals surface area contributed by atoms with E-state index in [9.17, 15) is 8.42 Å². The normalized spacial score (nSPS) is 17.3. The maximum atomic E-state index is 11.7. The van der Waals surface area contributed by atoms with Crippen LogP contribution in [-0.4, -0.2) is 20.4 Å². The minimum atomic E-state index is -3.45. The van der Waals surface area contributed by atoms with E-state index in [1.54, 1.807) is 6.07 Å². The zero-order valence-corrected chi connectivity index (χ0v) is 13.6. The van der Waals surface area contributed by atoms with Gasteiger partial charge in [0.2, 0.25) is 10.0 Å². The summed E-state index contributed by atoms with van der Waals surface area (Å²) in [6.45, 7) is 0. The van der Waals surface area contributed by atoms with Gasteiger partial charge in [-0.1, -0.05) is 23.7 Å². The molecule has 0 bridgehead atoms. The maximum absolute atomic E-state index is 11.7. The van der Waals surface area contributed by atoms with Crippen LogP contribution >= 0.6 is 11.6 Å². The summed E-state index contributed by atoms with van der Waals surface area (Å²) in [4.78, 5) is 4.34. The van der Waals surface area contributed by atoms with E-state index in [1.807, 2.05) is 12.1 Å². The number of fused-ring (bicyclic) bond motifs is 1. The zero-order valence-electron chi connectivity index (χ0n) is 12.0. The maximum Gasteiger partial charge on any atom is 0.241 e. The molecular weight excluding hydrogens is 322 g/mol. The van der Waals surface area contributed by atoms with Crippen molar-refractivity contribution in [2.45, 2.75) is 23.8 Å². The molecule has 2 N–H and O–H groups in total. The van der Waals surface area contributed by atoms with Crippen molar-refractivity contribution in [2.24, 2.45) is 0 Å². The second-order valence-corrected chi connectivity index (χ2v) is 7.42. The number of halogens is 1. The number of hydrogen-bond acceptors (Lipinski definition) is 4. The lowest BCUT2D eigenvalue weighted by molar-refractivity contribution is 0.588. The van der Waals surface area contributed by atoms with Gasteiger partial charge in [-0.05, 0) is 49.2 Å². The van der Waals surface area contributed by atoms with Crippen LogP contribution in [-0.2, 0) is 16.4 Å². The third-order valence-electron chi connectivity index (χ3n) is 3.85. The lowest BCUT2D eigenvalue weighted by Gasteiger charge is -2.15. The highest BCUT2D eigenvalue weighted by Gasteiger charge is 2.24. The third-order valence-corrected chi connectivity index (χ3v) is 5.60. The first-order chi connectivity index (χ1) is 10.5. The molecule has 0 aliphatic heterocycles. The molecule has 0 amide bonds. The van der Waals surface area contributed by atoms with Gasteiger partial charge in [0, 0.05) is 11.2 Å². The standard InChI is InChI=1S/C15H16ClN3O2S/c1-17-22(20,21)10-5-8-15(18-9-10)19-14-7-6-11-12(14)3-2-4-13(11)16/h2-5,8-9,14,17H,6-7H2,1H3,(H,18,19). The van der Waals surface area contributed by atoms with E-state index >= 15 is 0 Å². The Kier molecular flexibility index (Phi) is 4.08. The molecule has 0 fully saturated rings. The number of nitrogens with zero attached hydrogens (tertiary/aromatic N) is 1. The first-order valence-electron chi connectivity index (χ1n) is 6.94. The fourth-order valence-corrected chi connectivity index (χ4v) is 3.63. The Morgan fingerprint density at radius 1 is 1.27 bits per heavy atom. The van der Waals surface area contributed by atoms with E-state index < -0.39 is 10.0 Å². The number of aromatic nitrogens is 1. The van der Waals surface area contributed by atoms with Gasteiger partial charge in [0.1, 0.15) is 10.7 Å². The Morgan fingerprint density at radius 3 is 2.77 bits per heavy atom. The second-order valence-electron chi connectivity index (χ2n) is 5.13. The Labute approximate surface area is 134 Å². The van der Waals surface area contributed by atoms with Crippen molar-refractivity contribution in [3.05, 3.63) is 52.7 Å². The van der Waals surface area contributed by atoms with Gasteiger partial charge in [-0.3, -0.25) is 0 Å². The largest absolute Gasteiger partial charge is 0.363 e. The Balaban J connectivity index is 1.80. The summed E-state index contributed by atoms with van der Waals surface area (Å²) in [5.74, 6) is 0.646. The Morgan fingerprint density at radius 2 is 2.09 bits per heavy atom. The molecule has 0 saturated heterocycles. The molecule has 1 aliphatic carbocycles. The first-order valence-corrected chi connectivity index (χ1v) is 8.81. The van der Waals surface area contributed by atoms with Crippen LogP contribution in [0.4, 0.5) is 5.82 Å². The fourth-order valence-electron chi connectivity index (χ4n) is 2.68. The number of rotatable bonds is 4. The molecule has 2 aromatic rings. The predicted molar refractivity (Wildman–Crippen MR) is 86.6 cm³/mol. The third kappa shape index (κ3) is 2.82. The smallest absolute Gasteiger partial charge is 0.241 e. The highest BCUT2D eigenvalue weighted by Crippen LogP contribution is 2.37. The van der Waals surface area contributed by atoms with Crippen molar-refractivity contribution in [2.75, 3.05) is 12.4 Å². The number of nitrogens with one attached hydrogen (secondary N) is 2. The quantitative estimate of drug-likeness (QED) is 0.900. The van der Waals surface area contributed by atoms with E-state index in [4.69, 9.17) is 11.6 Å². The monoisotopic (exact) mass is 337 g/mol. The first kappa shape index (κ1) is 15.3. The molecule has 1 unspecified atom stereocenters. The van der Waals surface area contributed by atoms with E-state index in [-0.39, 0.29) is 10.9 Å². The summed E-state index contributed by atoms with van der Waals surface area (Å²) in [5.41, 5.74) is 2.36. The molecule has 22 heavy (non-hydrogen) atoms. The van der Waals surface area contributed by atoms with Crippen molar-refractivity contribution < 1.29 is 8.42 Å². The molecule has 1 aromatic carbocycles. The van der Waals surface area contributed by atoms with Gasteiger partial charge in [-0.25, -0.2) is 18.1 Å². The number of benzene rings is 1. The molecule has 7 heteroatoms. The van der Waals surface area contributed by atoms with Gasteiger partial charge in [0.05, 0.1) is 6.04 Å². The number of pyridine rings is 1. The van der Waals surface area contributed by atoms with Crippen LogP contribution in [0.3, 0.4) is 0 Å². The molecule has 1 atom stereocenters. The summed E-state index contributed by atoms with van der Waals surface area (Å²) >= 11 is 6.21. The van der Waals surface area contributed by atoms with Crippen LogP contribution in [0.25, 0.3) is 0 Å². The SMILES string of the molecule is CNS(=O)(=O)c1ccc(NC2CCc3c(Cl)cccc32)nc1. The van der Waals surface area contributed by atoms with Crippen LogP contribution in [0, 0.1) is 0 Å². The summed E-state index contributed by atoms with van der Waals surface area (Å²) < 4.78 is 25.6. The van der Waals surface area contributed by atoms with Gasteiger partial charge in [0.15, 0.2) is 0 Å². The molecule has 1 aliphatic rings. The molecule has 0 saturated carbocycles. The number of anilines is 1. The lowest BCUT2D eigenvalue weighted by atomic mass is 10.1. The number of hydrogen-bond donors (Lipinski definition) is 2. The average Bonchev–Trinajstić information content (AvgIpc) is 2.92. The molecule has 1 heterocycles. The van der Waals surface area contributed by atoms with Crippen LogP contribution < -0.4 is 10.0 Å². The highest BCUT2D eigenvalue weighted by molar-refractivity contribution is 7.89. The molecule has 3 rings (SSSR count). The van der Waals surface area contributed by atoms with E-state index in [0.29, 0.717) is 5.82 Å². The molecule has 1 aromatic heterocycles. The van der Waals surface area contributed by atoms with Crippen LogP contribution in [0.1, 0.15) is 23.6 Å². The van der Waals surface area contributed by atoms with Crippen LogP contribution in [0.2, 0.25) is 5.02 Å². The van der Waals surface area contributed by atoms with Crippen molar-refractivity contribution >= 4 is 27.4 Å². The van der Waals surface area contributed by atoms with E-state index in [2.05, 4.69) is 21.1 Å². The molecule has 0 radical (unpaired) electrons. The molecular formula is C15H16ClN3O2S. The minimum absolute atomic E-state index is 0.146. The van der Waals surface area contributed by atoms with Gasteiger partial charge in [-0.2, -0.15) is 0 Å².